The summed E-state index contributed by atoms with van der Waals surface area (Å²) >= 11 is 12.1. The summed E-state index contributed by atoms with van der Waals surface area (Å²) < 4.78 is 29.2. The molecule has 0 fully saturated rings. The summed E-state index contributed by atoms with van der Waals surface area (Å²) in [5, 5.41) is 3.44. The van der Waals surface area contributed by atoms with E-state index in [1.54, 1.807) is 32.0 Å². The van der Waals surface area contributed by atoms with Crippen LogP contribution in [0.4, 0.5) is 5.69 Å². The zero-order chi connectivity index (χ0) is 23.5. The molecule has 0 saturated carbocycles. The Balaban J connectivity index is 1.94. The molecule has 0 radical (unpaired) electrons. The van der Waals surface area contributed by atoms with Crippen LogP contribution in [0.25, 0.3) is 0 Å². The Morgan fingerprint density at radius 3 is 2.03 bits per heavy atom. The number of amides is 1. The van der Waals surface area contributed by atoms with Crippen molar-refractivity contribution in [1.82, 2.24) is 4.72 Å². The lowest BCUT2D eigenvalue weighted by Gasteiger charge is -2.21. The SMILES string of the molecule is Cc1cc(C)c(S(=O)(=O)NC(Cc2ccccc2)C(=O)Nc2cc(Cl)cc(Cl)c2)c(C)c1. The van der Waals surface area contributed by atoms with E-state index in [4.69, 9.17) is 23.2 Å². The van der Waals surface area contributed by atoms with Gasteiger partial charge < -0.3 is 5.32 Å². The second-order valence-corrected chi connectivity index (χ2v) is 10.3. The maximum atomic E-state index is 13.3. The standard InChI is InChI=1S/C24H24Cl2N2O3S/c1-15-9-16(2)23(17(3)10-15)32(30,31)28-22(11-18-7-5-4-6-8-18)24(29)27-21-13-19(25)12-20(26)14-21/h4-10,12-14,22,28H,11H2,1-3H3,(H,27,29). The Kier molecular flexibility index (Phi) is 7.62. The van der Waals surface area contributed by atoms with Gasteiger partial charge in [-0.15, -0.1) is 0 Å². The fourth-order valence-corrected chi connectivity index (χ4v) is 5.90. The lowest BCUT2D eigenvalue weighted by molar-refractivity contribution is -0.117. The van der Waals surface area contributed by atoms with E-state index in [2.05, 4.69) is 10.0 Å². The minimum Gasteiger partial charge on any atom is -0.325 e. The number of aryl methyl sites for hydroxylation is 3. The van der Waals surface area contributed by atoms with E-state index in [1.807, 2.05) is 49.4 Å². The van der Waals surface area contributed by atoms with Gasteiger partial charge in [-0.25, -0.2) is 8.42 Å². The predicted molar refractivity (Wildman–Crippen MR) is 130 cm³/mol. The lowest BCUT2D eigenvalue weighted by atomic mass is 10.1. The monoisotopic (exact) mass is 490 g/mol. The molecule has 5 nitrogen and oxygen atoms in total. The number of halogens is 2. The van der Waals surface area contributed by atoms with Crippen molar-refractivity contribution in [2.75, 3.05) is 5.32 Å². The molecule has 1 unspecified atom stereocenters. The van der Waals surface area contributed by atoms with Gasteiger partial charge in [-0.2, -0.15) is 4.72 Å². The van der Waals surface area contributed by atoms with Crippen molar-refractivity contribution in [1.29, 1.82) is 0 Å². The first-order chi connectivity index (χ1) is 15.0. The van der Waals surface area contributed by atoms with Crippen molar-refractivity contribution >= 4 is 44.8 Å². The number of carbonyl (C=O) groups excluding carboxylic acids is 1. The maximum absolute atomic E-state index is 13.3. The minimum atomic E-state index is -3.97. The number of anilines is 1. The van der Waals surface area contributed by atoms with E-state index in [0.29, 0.717) is 26.9 Å². The third-order valence-electron chi connectivity index (χ3n) is 4.90. The second kappa shape index (κ2) is 10.0. The zero-order valence-electron chi connectivity index (χ0n) is 17.9. The summed E-state index contributed by atoms with van der Waals surface area (Å²) in [4.78, 5) is 13.3. The van der Waals surface area contributed by atoms with Crippen molar-refractivity contribution in [3.63, 3.8) is 0 Å². The van der Waals surface area contributed by atoms with Gasteiger partial charge in [0.05, 0.1) is 4.90 Å². The molecule has 0 aliphatic heterocycles. The molecule has 168 valence electrons. The van der Waals surface area contributed by atoms with Crippen molar-refractivity contribution in [3.8, 4) is 0 Å². The van der Waals surface area contributed by atoms with Gasteiger partial charge in [-0.1, -0.05) is 71.2 Å². The number of hydrogen-bond acceptors (Lipinski definition) is 3. The van der Waals surface area contributed by atoms with Crippen LogP contribution in [0, 0.1) is 20.8 Å². The van der Waals surface area contributed by atoms with Crippen LogP contribution in [-0.2, 0) is 21.2 Å². The second-order valence-electron chi connectivity index (χ2n) is 7.74. The van der Waals surface area contributed by atoms with Gasteiger partial charge >= 0.3 is 0 Å². The minimum absolute atomic E-state index is 0.171. The van der Waals surface area contributed by atoms with Crippen LogP contribution in [0.5, 0.6) is 0 Å². The van der Waals surface area contributed by atoms with E-state index >= 15 is 0 Å². The molecule has 3 aromatic rings. The molecule has 1 amide bonds. The Morgan fingerprint density at radius 2 is 1.47 bits per heavy atom. The van der Waals surface area contributed by atoms with Crippen LogP contribution in [0.1, 0.15) is 22.3 Å². The lowest BCUT2D eigenvalue weighted by Crippen LogP contribution is -2.45. The molecule has 0 aliphatic rings. The molecule has 1 atom stereocenters. The molecule has 3 aromatic carbocycles. The first-order valence-electron chi connectivity index (χ1n) is 9.96. The molecule has 2 N–H and O–H groups in total. The highest BCUT2D eigenvalue weighted by atomic mass is 35.5. The topological polar surface area (TPSA) is 75.3 Å². The number of carbonyl (C=O) groups is 1. The summed E-state index contributed by atoms with van der Waals surface area (Å²) in [5.41, 5.74) is 3.41. The Morgan fingerprint density at radius 1 is 0.906 bits per heavy atom. The number of hydrogen-bond donors (Lipinski definition) is 2. The van der Waals surface area contributed by atoms with Crippen LogP contribution < -0.4 is 10.0 Å². The number of sulfonamides is 1. The maximum Gasteiger partial charge on any atom is 0.242 e. The van der Waals surface area contributed by atoms with Crippen LogP contribution in [-0.4, -0.2) is 20.4 Å². The summed E-state index contributed by atoms with van der Waals surface area (Å²) in [6.45, 7) is 5.40. The summed E-state index contributed by atoms with van der Waals surface area (Å²) in [7, 11) is -3.97. The van der Waals surface area contributed by atoms with Gasteiger partial charge in [0.1, 0.15) is 6.04 Å². The van der Waals surface area contributed by atoms with Crippen LogP contribution in [0.3, 0.4) is 0 Å². The quantitative estimate of drug-likeness (QED) is 0.462. The molecule has 0 bridgehead atoms. The van der Waals surface area contributed by atoms with E-state index in [-0.39, 0.29) is 11.3 Å². The highest BCUT2D eigenvalue weighted by Gasteiger charge is 2.28. The van der Waals surface area contributed by atoms with Crippen LogP contribution in [0.2, 0.25) is 10.0 Å². The van der Waals surface area contributed by atoms with Crippen LogP contribution >= 0.6 is 23.2 Å². The van der Waals surface area contributed by atoms with Crippen LogP contribution in [0.15, 0.2) is 65.6 Å². The molecular weight excluding hydrogens is 467 g/mol. The largest absolute Gasteiger partial charge is 0.325 e. The third-order valence-corrected chi connectivity index (χ3v) is 7.11. The smallest absolute Gasteiger partial charge is 0.242 e. The number of benzene rings is 3. The molecule has 3 rings (SSSR count). The van der Waals surface area contributed by atoms with Gasteiger partial charge in [-0.3, -0.25) is 4.79 Å². The van der Waals surface area contributed by atoms with Gasteiger partial charge in [0.25, 0.3) is 0 Å². The van der Waals surface area contributed by atoms with Gasteiger partial charge in [0.15, 0.2) is 0 Å². The van der Waals surface area contributed by atoms with Crippen molar-refractivity contribution in [3.05, 3.63) is 93.0 Å². The average Bonchev–Trinajstić information content (AvgIpc) is 2.66. The molecule has 0 aliphatic carbocycles. The van der Waals surface area contributed by atoms with E-state index < -0.39 is 22.0 Å². The van der Waals surface area contributed by atoms with Gasteiger partial charge in [0, 0.05) is 15.7 Å². The molecule has 0 aromatic heterocycles. The summed E-state index contributed by atoms with van der Waals surface area (Å²) in [6, 6.07) is 16.4. The number of rotatable bonds is 7. The van der Waals surface area contributed by atoms with E-state index in [0.717, 1.165) is 11.1 Å². The first-order valence-corrected chi connectivity index (χ1v) is 12.2. The molecule has 8 heteroatoms. The Bertz CT molecular complexity index is 1200. The average molecular weight is 491 g/mol. The zero-order valence-corrected chi connectivity index (χ0v) is 20.3. The predicted octanol–water partition coefficient (Wildman–Crippen LogP) is 5.45. The first kappa shape index (κ1) is 24.3. The Hall–Kier alpha value is -2.38. The normalized spacial score (nSPS) is 12.4. The van der Waals surface area contributed by atoms with E-state index in [9.17, 15) is 13.2 Å². The van der Waals surface area contributed by atoms with Crippen molar-refractivity contribution < 1.29 is 13.2 Å². The van der Waals surface area contributed by atoms with Gasteiger partial charge in [0.2, 0.25) is 15.9 Å². The highest BCUT2D eigenvalue weighted by Crippen LogP contribution is 2.24. The van der Waals surface area contributed by atoms with E-state index in [1.165, 1.54) is 0 Å². The molecule has 0 heterocycles. The molecule has 0 spiro atoms. The summed E-state index contributed by atoms with van der Waals surface area (Å²) in [5.74, 6) is -0.516. The number of nitrogens with one attached hydrogen (secondary N) is 2. The fourth-order valence-electron chi connectivity index (χ4n) is 3.73. The molecule has 32 heavy (non-hydrogen) atoms. The molecule has 0 saturated heterocycles. The highest BCUT2D eigenvalue weighted by molar-refractivity contribution is 7.89. The fraction of sp³-hybridized carbons (Fsp3) is 0.208. The Labute approximate surface area is 198 Å². The van der Waals surface area contributed by atoms with Crippen molar-refractivity contribution in [2.24, 2.45) is 0 Å². The molecular formula is C24H24Cl2N2O3S. The third kappa shape index (κ3) is 6.11. The van der Waals surface area contributed by atoms with Crippen molar-refractivity contribution in [2.45, 2.75) is 38.1 Å². The van der Waals surface area contributed by atoms with Gasteiger partial charge in [-0.05, 0) is 62.1 Å². The summed E-state index contributed by atoms with van der Waals surface area (Å²) in [6.07, 6.45) is 0.171.